The van der Waals surface area contributed by atoms with E-state index in [0.29, 0.717) is 12.1 Å². The highest BCUT2D eigenvalue weighted by Gasteiger charge is 2.22. The molecule has 0 aromatic heterocycles. The van der Waals surface area contributed by atoms with Crippen molar-refractivity contribution in [1.29, 1.82) is 0 Å². The smallest absolute Gasteiger partial charge is 0.191 e. The van der Waals surface area contributed by atoms with Gasteiger partial charge in [0.15, 0.2) is 5.96 Å². The summed E-state index contributed by atoms with van der Waals surface area (Å²) < 4.78 is 5.10. The summed E-state index contributed by atoms with van der Waals surface area (Å²) in [5, 5.41) is 6.82. The van der Waals surface area contributed by atoms with E-state index in [-0.39, 0.29) is 0 Å². The van der Waals surface area contributed by atoms with Crippen molar-refractivity contribution in [2.24, 2.45) is 4.99 Å². The molecule has 1 aliphatic heterocycles. The minimum Gasteiger partial charge on any atom is -0.385 e. The van der Waals surface area contributed by atoms with E-state index in [9.17, 15) is 0 Å². The largest absolute Gasteiger partial charge is 0.385 e. The van der Waals surface area contributed by atoms with Crippen LogP contribution in [0.4, 0.5) is 0 Å². The quantitative estimate of drug-likeness (QED) is 0.336. The van der Waals surface area contributed by atoms with Crippen LogP contribution >= 0.6 is 0 Å². The van der Waals surface area contributed by atoms with Gasteiger partial charge in [-0.3, -0.25) is 9.89 Å². The van der Waals surface area contributed by atoms with Crippen molar-refractivity contribution in [2.45, 2.75) is 58.5 Å². The molecule has 1 aliphatic rings. The zero-order chi connectivity index (χ0) is 18.5. The highest BCUT2D eigenvalue weighted by atomic mass is 16.5. The number of piperidine rings is 1. The van der Waals surface area contributed by atoms with Crippen molar-refractivity contribution >= 4 is 5.96 Å². The van der Waals surface area contributed by atoms with Gasteiger partial charge in [-0.05, 0) is 53.6 Å². The molecule has 0 aromatic rings. The van der Waals surface area contributed by atoms with E-state index in [0.717, 1.165) is 51.7 Å². The average Bonchev–Trinajstić information content (AvgIpc) is 2.60. The van der Waals surface area contributed by atoms with Crippen molar-refractivity contribution in [2.75, 3.05) is 60.0 Å². The van der Waals surface area contributed by atoms with Crippen molar-refractivity contribution in [3.05, 3.63) is 0 Å². The number of nitrogens with one attached hydrogen (secondary N) is 2. The Kier molecular flexibility index (Phi) is 11.9. The summed E-state index contributed by atoms with van der Waals surface area (Å²) in [7, 11) is 3.91. The number of rotatable bonds is 11. The Morgan fingerprint density at radius 3 is 2.80 bits per heavy atom. The second-order valence-corrected chi connectivity index (χ2v) is 7.23. The average molecular weight is 356 g/mol. The van der Waals surface area contributed by atoms with Gasteiger partial charge in [0.25, 0.3) is 0 Å². The van der Waals surface area contributed by atoms with Crippen LogP contribution in [-0.4, -0.2) is 87.9 Å². The lowest BCUT2D eigenvalue weighted by Gasteiger charge is -2.37. The molecule has 0 spiro atoms. The van der Waals surface area contributed by atoms with Gasteiger partial charge in [0, 0.05) is 52.0 Å². The fraction of sp³-hybridized carbons (Fsp3) is 0.947. The SMILES string of the molecule is CCNC(=NCC(C)N1CCCCC1C)NCCN(C)CCCOC. The molecule has 148 valence electrons. The molecular formula is C19H41N5O. The number of methoxy groups -OCH3 is 1. The first kappa shape index (κ1) is 22.2. The normalized spacial score (nSPS) is 20.7. The molecule has 6 nitrogen and oxygen atoms in total. The third-order valence-electron chi connectivity index (χ3n) is 4.95. The Balaban J connectivity index is 2.34. The molecule has 0 aromatic carbocycles. The maximum Gasteiger partial charge on any atom is 0.191 e. The molecule has 2 unspecified atom stereocenters. The van der Waals surface area contributed by atoms with Gasteiger partial charge in [-0.1, -0.05) is 6.42 Å². The number of nitrogens with zero attached hydrogens (tertiary/aromatic N) is 3. The molecular weight excluding hydrogens is 314 g/mol. The number of aliphatic imine (C=N–C) groups is 1. The molecule has 6 heteroatoms. The van der Waals surface area contributed by atoms with Crippen LogP contribution in [0, 0.1) is 0 Å². The Morgan fingerprint density at radius 1 is 1.32 bits per heavy atom. The maximum atomic E-state index is 5.10. The molecule has 1 fully saturated rings. The van der Waals surface area contributed by atoms with E-state index < -0.39 is 0 Å². The first-order valence-electron chi connectivity index (χ1n) is 10.0. The summed E-state index contributed by atoms with van der Waals surface area (Å²) in [5.41, 5.74) is 0. The van der Waals surface area contributed by atoms with E-state index >= 15 is 0 Å². The van der Waals surface area contributed by atoms with Gasteiger partial charge >= 0.3 is 0 Å². The fourth-order valence-corrected chi connectivity index (χ4v) is 3.40. The van der Waals surface area contributed by atoms with Crippen molar-refractivity contribution < 1.29 is 4.74 Å². The van der Waals surface area contributed by atoms with E-state index in [1.807, 2.05) is 0 Å². The number of hydrogen-bond donors (Lipinski definition) is 2. The van der Waals surface area contributed by atoms with Crippen molar-refractivity contribution in [1.82, 2.24) is 20.4 Å². The fourth-order valence-electron chi connectivity index (χ4n) is 3.40. The molecule has 0 aliphatic carbocycles. The van der Waals surface area contributed by atoms with Crippen molar-refractivity contribution in [3.63, 3.8) is 0 Å². The lowest BCUT2D eigenvalue weighted by molar-refractivity contribution is 0.118. The topological polar surface area (TPSA) is 52.1 Å². The van der Waals surface area contributed by atoms with E-state index in [2.05, 4.69) is 48.3 Å². The summed E-state index contributed by atoms with van der Waals surface area (Å²) >= 11 is 0. The van der Waals surface area contributed by atoms with E-state index in [1.54, 1.807) is 7.11 Å². The minimum atomic E-state index is 0.502. The van der Waals surface area contributed by atoms with E-state index in [1.165, 1.54) is 25.8 Å². The van der Waals surface area contributed by atoms with Crippen LogP contribution in [0.1, 0.15) is 46.5 Å². The molecule has 25 heavy (non-hydrogen) atoms. The highest BCUT2D eigenvalue weighted by Crippen LogP contribution is 2.18. The zero-order valence-electron chi connectivity index (χ0n) is 17.2. The van der Waals surface area contributed by atoms with Crippen LogP contribution in [0.2, 0.25) is 0 Å². The number of guanidine groups is 1. The van der Waals surface area contributed by atoms with Crippen LogP contribution in [-0.2, 0) is 4.74 Å². The molecule has 1 heterocycles. The molecule has 2 N–H and O–H groups in total. The molecule has 1 saturated heterocycles. The molecule has 0 amide bonds. The lowest BCUT2D eigenvalue weighted by atomic mass is 10.0. The minimum absolute atomic E-state index is 0.502. The predicted molar refractivity (Wildman–Crippen MR) is 107 cm³/mol. The summed E-state index contributed by atoms with van der Waals surface area (Å²) in [5.74, 6) is 0.935. The Bertz CT molecular complexity index is 364. The Labute approximate surface area is 155 Å². The zero-order valence-corrected chi connectivity index (χ0v) is 17.2. The summed E-state index contributed by atoms with van der Waals surface area (Å²) in [6, 6.07) is 1.19. The van der Waals surface area contributed by atoms with E-state index in [4.69, 9.17) is 9.73 Å². The Morgan fingerprint density at radius 2 is 2.12 bits per heavy atom. The number of hydrogen-bond acceptors (Lipinski definition) is 4. The van der Waals surface area contributed by atoms with Crippen LogP contribution in [0.5, 0.6) is 0 Å². The second kappa shape index (κ2) is 13.4. The summed E-state index contributed by atoms with van der Waals surface area (Å²) in [6.45, 7) is 13.5. The van der Waals surface area contributed by atoms with Crippen LogP contribution < -0.4 is 10.6 Å². The van der Waals surface area contributed by atoms with Crippen LogP contribution in [0.3, 0.4) is 0 Å². The first-order chi connectivity index (χ1) is 12.1. The number of ether oxygens (including phenoxy) is 1. The van der Waals surface area contributed by atoms with Gasteiger partial charge in [-0.2, -0.15) is 0 Å². The number of likely N-dealkylation sites (N-methyl/N-ethyl adjacent to an activating group) is 1. The molecule has 0 saturated carbocycles. The predicted octanol–water partition coefficient (Wildman–Crippen LogP) is 1.77. The summed E-state index contributed by atoms with van der Waals surface area (Å²) in [4.78, 5) is 9.75. The number of likely N-dealkylation sites (tertiary alicyclic amines) is 1. The van der Waals surface area contributed by atoms with Gasteiger partial charge < -0.3 is 20.3 Å². The van der Waals surface area contributed by atoms with Crippen LogP contribution in [0.15, 0.2) is 4.99 Å². The standard InChI is InChI=1S/C19H41N5O/c1-6-20-19(21-11-14-23(4)12-9-15-25-5)22-16-18(3)24-13-8-7-10-17(24)2/h17-18H,6-16H2,1-5H3,(H2,20,21,22). The van der Waals surface area contributed by atoms with Gasteiger partial charge in [-0.15, -0.1) is 0 Å². The van der Waals surface area contributed by atoms with Crippen molar-refractivity contribution in [3.8, 4) is 0 Å². The van der Waals surface area contributed by atoms with Gasteiger partial charge in [0.05, 0.1) is 6.54 Å². The van der Waals surface area contributed by atoms with Gasteiger partial charge in [0.1, 0.15) is 0 Å². The van der Waals surface area contributed by atoms with Gasteiger partial charge in [-0.25, -0.2) is 0 Å². The molecule has 1 rings (SSSR count). The molecule has 2 atom stereocenters. The third kappa shape index (κ3) is 9.42. The Hall–Kier alpha value is -0.850. The second-order valence-electron chi connectivity index (χ2n) is 7.23. The first-order valence-corrected chi connectivity index (χ1v) is 10.0. The maximum absolute atomic E-state index is 5.10. The molecule has 0 bridgehead atoms. The summed E-state index contributed by atoms with van der Waals surface area (Å²) in [6.07, 6.45) is 5.09. The third-order valence-corrected chi connectivity index (χ3v) is 4.95. The van der Waals surface area contributed by atoms with Crippen LogP contribution in [0.25, 0.3) is 0 Å². The lowest BCUT2D eigenvalue weighted by Crippen LogP contribution is -2.46. The monoisotopic (exact) mass is 355 g/mol. The van der Waals surface area contributed by atoms with Gasteiger partial charge in [0.2, 0.25) is 0 Å². The molecule has 0 radical (unpaired) electrons. The highest BCUT2D eigenvalue weighted by molar-refractivity contribution is 5.79.